The molecule has 0 aliphatic carbocycles. The van der Waals surface area contributed by atoms with Gasteiger partial charge in [-0.1, -0.05) is 37.6 Å². The molecule has 0 aromatic heterocycles. The summed E-state index contributed by atoms with van der Waals surface area (Å²) >= 11 is 7.11. The topological polar surface area (TPSA) is 18.5 Å². The van der Waals surface area contributed by atoms with Gasteiger partial charge in [0.05, 0.1) is 13.2 Å². The molecule has 0 aromatic rings. The first-order chi connectivity index (χ1) is 7.18. The maximum atomic E-state index is 5.54. The number of hydrogen-bond acceptors (Lipinski definition) is 4. The Kier molecular flexibility index (Phi) is 10.7. The standard InChI is InChI=1S/C10H23O2PS2/c1-4-7-8-9-10-15-13(14,11-5-2)12-6-3/h4-10H2,1-3H3. The predicted octanol–water partition coefficient (Wildman–Crippen LogP) is 4.60. The molecule has 0 aliphatic rings. The van der Waals surface area contributed by atoms with E-state index in [1.807, 2.05) is 13.8 Å². The molecule has 0 spiro atoms. The summed E-state index contributed by atoms with van der Waals surface area (Å²) in [5.74, 6) is 1.07. The van der Waals surface area contributed by atoms with Crippen LogP contribution in [0, 0.1) is 0 Å². The Morgan fingerprint density at radius 3 is 2.07 bits per heavy atom. The summed E-state index contributed by atoms with van der Waals surface area (Å²) in [4.78, 5) is 0. The fourth-order valence-electron chi connectivity index (χ4n) is 1.13. The zero-order chi connectivity index (χ0) is 11.6. The van der Waals surface area contributed by atoms with Crippen LogP contribution < -0.4 is 0 Å². The van der Waals surface area contributed by atoms with Gasteiger partial charge in [-0.3, -0.25) is 0 Å². The molecule has 0 atom stereocenters. The molecule has 0 bridgehead atoms. The second kappa shape index (κ2) is 10.1. The molecule has 0 rings (SSSR count). The van der Waals surface area contributed by atoms with Crippen LogP contribution >= 0.6 is 17.1 Å². The van der Waals surface area contributed by atoms with Gasteiger partial charge in [-0.05, 0) is 32.1 Å². The first-order valence-corrected chi connectivity index (χ1v) is 9.95. The highest BCUT2D eigenvalue weighted by Gasteiger charge is 2.17. The van der Waals surface area contributed by atoms with Crippen molar-refractivity contribution in [2.24, 2.45) is 0 Å². The Morgan fingerprint density at radius 2 is 1.60 bits per heavy atom. The number of unbranched alkanes of at least 4 members (excludes halogenated alkanes) is 3. The van der Waals surface area contributed by atoms with Crippen molar-refractivity contribution >= 4 is 28.9 Å². The van der Waals surface area contributed by atoms with Crippen LogP contribution in [-0.2, 0) is 20.9 Å². The van der Waals surface area contributed by atoms with E-state index in [4.69, 9.17) is 20.9 Å². The molecule has 0 N–H and O–H groups in total. The molecule has 92 valence electrons. The Hall–Kier alpha value is 0.920. The summed E-state index contributed by atoms with van der Waals surface area (Å²) in [5, 5.41) is 0. The normalized spacial score (nSPS) is 11.9. The van der Waals surface area contributed by atoms with Gasteiger partial charge in [0.1, 0.15) is 0 Å². The second-order valence-corrected chi connectivity index (χ2v) is 9.61. The zero-order valence-electron chi connectivity index (χ0n) is 10.0. The van der Waals surface area contributed by atoms with Crippen molar-refractivity contribution in [2.45, 2.75) is 46.5 Å². The van der Waals surface area contributed by atoms with Crippen LogP contribution in [0.4, 0.5) is 0 Å². The number of hydrogen-bond donors (Lipinski definition) is 0. The van der Waals surface area contributed by atoms with E-state index >= 15 is 0 Å². The molecule has 5 heteroatoms. The van der Waals surface area contributed by atoms with Gasteiger partial charge in [-0.25, -0.2) is 0 Å². The lowest BCUT2D eigenvalue weighted by molar-refractivity contribution is 0.280. The third-order valence-corrected chi connectivity index (χ3v) is 7.47. The lowest BCUT2D eigenvalue weighted by atomic mass is 10.2. The summed E-state index contributed by atoms with van der Waals surface area (Å²) in [6.45, 7) is 7.46. The van der Waals surface area contributed by atoms with Crippen molar-refractivity contribution in [1.82, 2.24) is 0 Å². The van der Waals surface area contributed by atoms with E-state index in [1.165, 1.54) is 25.7 Å². The first-order valence-electron chi connectivity index (χ1n) is 5.72. The van der Waals surface area contributed by atoms with Crippen LogP contribution in [0.5, 0.6) is 0 Å². The van der Waals surface area contributed by atoms with Gasteiger partial charge in [0, 0.05) is 5.75 Å². The summed E-state index contributed by atoms with van der Waals surface area (Å²) in [6, 6.07) is 0. The molecule has 0 radical (unpaired) electrons. The minimum Gasteiger partial charge on any atom is -0.322 e. The second-order valence-electron chi connectivity index (χ2n) is 3.18. The third-order valence-electron chi connectivity index (χ3n) is 1.82. The summed E-state index contributed by atoms with van der Waals surface area (Å²) in [6.07, 6.45) is 5.09. The van der Waals surface area contributed by atoms with Crippen molar-refractivity contribution in [3.05, 3.63) is 0 Å². The average molecular weight is 270 g/mol. The van der Waals surface area contributed by atoms with Crippen LogP contribution in [-0.4, -0.2) is 19.0 Å². The molecule has 0 fully saturated rings. The Balaban J connectivity index is 3.71. The first kappa shape index (κ1) is 15.9. The number of rotatable bonds is 10. The fraction of sp³-hybridized carbons (Fsp3) is 1.00. The predicted molar refractivity (Wildman–Crippen MR) is 74.1 cm³/mol. The summed E-state index contributed by atoms with van der Waals surface area (Å²) in [7, 11) is 0. The molecule has 2 nitrogen and oxygen atoms in total. The van der Waals surface area contributed by atoms with Gasteiger partial charge in [-0.15, -0.1) is 0 Å². The molecule has 0 unspecified atom stereocenters. The minimum absolute atomic E-state index is 0.652. The Bertz CT molecular complexity index is 178. The van der Waals surface area contributed by atoms with E-state index in [2.05, 4.69) is 6.92 Å². The van der Waals surface area contributed by atoms with Crippen LogP contribution in [0.1, 0.15) is 46.5 Å². The van der Waals surface area contributed by atoms with E-state index in [0.29, 0.717) is 13.2 Å². The highest BCUT2D eigenvalue weighted by Crippen LogP contribution is 2.61. The third kappa shape index (κ3) is 8.70. The minimum atomic E-state index is -2.02. The highest BCUT2D eigenvalue weighted by atomic mass is 32.9. The molecule has 0 aliphatic heterocycles. The van der Waals surface area contributed by atoms with Crippen molar-refractivity contribution in [2.75, 3.05) is 19.0 Å². The van der Waals surface area contributed by atoms with E-state index < -0.39 is 5.69 Å². The van der Waals surface area contributed by atoms with Crippen LogP contribution in [0.25, 0.3) is 0 Å². The maximum absolute atomic E-state index is 5.54. The van der Waals surface area contributed by atoms with Crippen molar-refractivity contribution in [3.8, 4) is 0 Å². The Morgan fingerprint density at radius 1 is 1.00 bits per heavy atom. The molecule has 0 heterocycles. The van der Waals surface area contributed by atoms with Gasteiger partial charge in [0.15, 0.2) is 0 Å². The van der Waals surface area contributed by atoms with Gasteiger partial charge in [-0.2, -0.15) is 0 Å². The molecule has 0 aromatic carbocycles. The molecular formula is C10H23O2PS2. The highest BCUT2D eigenvalue weighted by molar-refractivity contribution is 8.67. The molecule has 0 saturated carbocycles. The lowest BCUT2D eigenvalue weighted by Gasteiger charge is -2.19. The molecule has 0 saturated heterocycles. The van der Waals surface area contributed by atoms with Crippen molar-refractivity contribution in [3.63, 3.8) is 0 Å². The van der Waals surface area contributed by atoms with Gasteiger partial charge < -0.3 is 9.05 Å². The summed E-state index contributed by atoms with van der Waals surface area (Å²) in [5.41, 5.74) is -2.02. The average Bonchev–Trinajstić information content (AvgIpc) is 2.18. The zero-order valence-corrected chi connectivity index (χ0v) is 12.6. The SMILES string of the molecule is CCCCCCSP(=S)(OCC)OCC. The van der Waals surface area contributed by atoms with Crippen LogP contribution in [0.15, 0.2) is 0 Å². The lowest BCUT2D eigenvalue weighted by Crippen LogP contribution is -1.93. The van der Waals surface area contributed by atoms with E-state index in [-0.39, 0.29) is 0 Å². The van der Waals surface area contributed by atoms with E-state index in [1.54, 1.807) is 11.4 Å². The van der Waals surface area contributed by atoms with Crippen molar-refractivity contribution < 1.29 is 9.05 Å². The Labute approximate surface area is 103 Å². The maximum Gasteiger partial charge on any atom is 0.247 e. The van der Waals surface area contributed by atoms with Gasteiger partial charge in [0.25, 0.3) is 0 Å². The monoisotopic (exact) mass is 270 g/mol. The van der Waals surface area contributed by atoms with Crippen LogP contribution in [0.3, 0.4) is 0 Å². The quantitative estimate of drug-likeness (QED) is 0.426. The molecular weight excluding hydrogens is 247 g/mol. The summed E-state index contributed by atoms with van der Waals surface area (Å²) < 4.78 is 11.1. The van der Waals surface area contributed by atoms with Crippen molar-refractivity contribution in [1.29, 1.82) is 0 Å². The largest absolute Gasteiger partial charge is 0.322 e. The van der Waals surface area contributed by atoms with Gasteiger partial charge in [0.2, 0.25) is 5.69 Å². The van der Waals surface area contributed by atoms with E-state index in [0.717, 1.165) is 5.75 Å². The van der Waals surface area contributed by atoms with Crippen LogP contribution in [0.2, 0.25) is 0 Å². The fourth-order valence-corrected chi connectivity index (χ4v) is 5.99. The van der Waals surface area contributed by atoms with E-state index in [9.17, 15) is 0 Å². The smallest absolute Gasteiger partial charge is 0.247 e. The van der Waals surface area contributed by atoms with Gasteiger partial charge >= 0.3 is 0 Å². The molecule has 0 amide bonds. The molecule has 15 heavy (non-hydrogen) atoms.